The van der Waals surface area contributed by atoms with Crippen LogP contribution in [0.3, 0.4) is 0 Å². The number of carbonyl (C=O) groups is 2. The van der Waals surface area contributed by atoms with Crippen molar-refractivity contribution in [3.63, 3.8) is 0 Å². The lowest BCUT2D eigenvalue weighted by Crippen LogP contribution is -2.39. The zero-order valence-corrected chi connectivity index (χ0v) is 19.2. The van der Waals surface area contributed by atoms with E-state index in [1.165, 1.54) is 0 Å². The van der Waals surface area contributed by atoms with Crippen LogP contribution in [-0.4, -0.2) is 41.3 Å². The van der Waals surface area contributed by atoms with Crippen molar-refractivity contribution in [2.75, 3.05) is 29.5 Å². The highest BCUT2D eigenvalue weighted by molar-refractivity contribution is 6.32. The molecule has 2 aliphatic rings. The van der Waals surface area contributed by atoms with Crippen molar-refractivity contribution >= 4 is 34.8 Å². The third kappa shape index (κ3) is 3.97. The smallest absolute Gasteiger partial charge is 0.277 e. The third-order valence-electron chi connectivity index (χ3n) is 6.15. The number of anilines is 2. The molecule has 2 aliphatic heterocycles. The van der Waals surface area contributed by atoms with Gasteiger partial charge in [0.1, 0.15) is 11.4 Å². The zero-order chi connectivity index (χ0) is 22.9. The Bertz CT molecular complexity index is 1200. The first-order valence-electron chi connectivity index (χ1n) is 11.3. The highest BCUT2D eigenvalue weighted by Gasteiger charge is 2.30. The molecule has 1 fully saturated rings. The molecule has 0 radical (unpaired) electrons. The van der Waals surface area contributed by atoms with Gasteiger partial charge in [-0.1, -0.05) is 11.6 Å². The molecule has 2 amide bonds. The van der Waals surface area contributed by atoms with Crippen molar-refractivity contribution < 1.29 is 14.3 Å². The van der Waals surface area contributed by atoms with Gasteiger partial charge >= 0.3 is 0 Å². The van der Waals surface area contributed by atoms with E-state index in [0.717, 1.165) is 36.3 Å². The molecule has 7 nitrogen and oxygen atoms in total. The van der Waals surface area contributed by atoms with Gasteiger partial charge in [0.2, 0.25) is 5.91 Å². The number of fused-ring (bicyclic) bond motifs is 1. The van der Waals surface area contributed by atoms with E-state index in [4.69, 9.17) is 16.3 Å². The van der Waals surface area contributed by atoms with Crippen LogP contribution in [-0.2, 0) is 11.2 Å². The lowest BCUT2D eigenvalue weighted by molar-refractivity contribution is -0.119. The first-order valence-corrected chi connectivity index (χ1v) is 11.7. The van der Waals surface area contributed by atoms with Gasteiger partial charge in [0.15, 0.2) is 0 Å². The lowest BCUT2D eigenvalue weighted by Gasteiger charge is -2.29. The summed E-state index contributed by atoms with van der Waals surface area (Å²) in [5, 5.41) is 4.95. The zero-order valence-electron chi connectivity index (χ0n) is 18.5. The number of rotatable bonds is 5. The van der Waals surface area contributed by atoms with Gasteiger partial charge in [0, 0.05) is 36.4 Å². The first-order chi connectivity index (χ1) is 16.1. The molecule has 0 spiro atoms. The topological polar surface area (TPSA) is 67.7 Å². The number of hydrogen-bond donors (Lipinski definition) is 0. The molecule has 170 valence electrons. The van der Waals surface area contributed by atoms with E-state index >= 15 is 0 Å². The molecule has 0 unspecified atom stereocenters. The molecule has 3 heterocycles. The summed E-state index contributed by atoms with van der Waals surface area (Å²) in [6.07, 6.45) is 5.01. The summed E-state index contributed by atoms with van der Waals surface area (Å²) in [5.74, 6) is 0.648. The van der Waals surface area contributed by atoms with Gasteiger partial charge in [-0.25, -0.2) is 4.68 Å². The molecule has 33 heavy (non-hydrogen) atoms. The number of amides is 2. The Labute approximate surface area is 197 Å². The molecule has 0 bridgehead atoms. The number of aromatic nitrogens is 2. The molecule has 1 aromatic heterocycles. The minimum absolute atomic E-state index is 0.111. The number of piperidine rings is 1. The van der Waals surface area contributed by atoms with E-state index in [9.17, 15) is 9.59 Å². The summed E-state index contributed by atoms with van der Waals surface area (Å²) in [6, 6.07) is 13.1. The Balaban J connectivity index is 1.42. The average molecular weight is 465 g/mol. The Morgan fingerprint density at radius 1 is 0.939 bits per heavy atom. The van der Waals surface area contributed by atoms with E-state index in [1.807, 2.05) is 42.2 Å². The predicted octanol–water partition coefficient (Wildman–Crippen LogP) is 4.64. The highest BCUT2D eigenvalue weighted by atomic mass is 35.5. The fraction of sp³-hybridized carbons (Fsp3) is 0.320. The summed E-state index contributed by atoms with van der Waals surface area (Å²) < 4.78 is 7.16. The van der Waals surface area contributed by atoms with E-state index < -0.39 is 0 Å². The normalized spacial score (nSPS) is 16.2. The SMILES string of the molecule is CCOc1ccc(-n2ncc3c2C(=O)N(c2ccc(N4CCCCC4=O)cc2)CC3)cc1Cl. The van der Waals surface area contributed by atoms with Crippen LogP contribution in [0, 0.1) is 0 Å². The fourth-order valence-corrected chi connectivity index (χ4v) is 4.71. The number of carbonyl (C=O) groups excluding carboxylic acids is 2. The van der Waals surface area contributed by atoms with Crippen LogP contribution in [0.1, 0.15) is 42.2 Å². The van der Waals surface area contributed by atoms with Crippen LogP contribution in [0.5, 0.6) is 5.75 Å². The maximum absolute atomic E-state index is 13.5. The number of nitrogens with zero attached hydrogens (tertiary/aromatic N) is 4. The van der Waals surface area contributed by atoms with Gasteiger partial charge < -0.3 is 14.5 Å². The molecule has 0 aliphatic carbocycles. The largest absolute Gasteiger partial charge is 0.492 e. The van der Waals surface area contributed by atoms with E-state index in [2.05, 4.69) is 5.10 Å². The molecule has 0 N–H and O–H groups in total. The minimum Gasteiger partial charge on any atom is -0.492 e. The van der Waals surface area contributed by atoms with Crippen molar-refractivity contribution in [2.45, 2.75) is 32.6 Å². The fourth-order valence-electron chi connectivity index (χ4n) is 4.48. The highest BCUT2D eigenvalue weighted by Crippen LogP contribution is 2.31. The number of ether oxygens (including phenoxy) is 1. The van der Waals surface area contributed by atoms with Crippen LogP contribution in [0.4, 0.5) is 11.4 Å². The Morgan fingerprint density at radius 2 is 1.67 bits per heavy atom. The van der Waals surface area contributed by atoms with Gasteiger partial charge in [-0.05, 0) is 68.7 Å². The molecule has 8 heteroatoms. The van der Waals surface area contributed by atoms with Crippen molar-refractivity contribution in [3.05, 3.63) is 64.9 Å². The van der Waals surface area contributed by atoms with Gasteiger partial charge in [-0.3, -0.25) is 9.59 Å². The van der Waals surface area contributed by atoms with E-state index in [1.54, 1.807) is 27.9 Å². The van der Waals surface area contributed by atoms with E-state index in [0.29, 0.717) is 48.1 Å². The second-order valence-corrected chi connectivity index (χ2v) is 8.61. The second-order valence-electron chi connectivity index (χ2n) is 8.20. The lowest BCUT2D eigenvalue weighted by atomic mass is 10.1. The summed E-state index contributed by atoms with van der Waals surface area (Å²) in [4.78, 5) is 29.3. The van der Waals surface area contributed by atoms with Gasteiger partial charge in [0.25, 0.3) is 5.91 Å². The van der Waals surface area contributed by atoms with Crippen molar-refractivity contribution in [2.24, 2.45) is 0 Å². The molecule has 1 saturated heterocycles. The maximum Gasteiger partial charge on any atom is 0.277 e. The average Bonchev–Trinajstić information content (AvgIpc) is 3.27. The Morgan fingerprint density at radius 3 is 2.36 bits per heavy atom. The molecule has 3 aromatic rings. The predicted molar refractivity (Wildman–Crippen MR) is 128 cm³/mol. The van der Waals surface area contributed by atoms with Gasteiger partial charge in [-0.2, -0.15) is 5.10 Å². The molecule has 0 saturated carbocycles. The number of hydrogen-bond acceptors (Lipinski definition) is 4. The van der Waals surface area contributed by atoms with Crippen LogP contribution in [0.15, 0.2) is 48.7 Å². The van der Waals surface area contributed by atoms with E-state index in [-0.39, 0.29) is 11.8 Å². The standard InChI is InChI=1S/C25H25ClN4O3/c1-2-33-22-11-10-20(15-21(22)26)30-24-17(16-27-30)12-14-29(25(24)32)19-8-6-18(7-9-19)28-13-4-3-5-23(28)31/h6-11,15-16H,2-5,12-14H2,1H3. The van der Waals surface area contributed by atoms with Crippen molar-refractivity contribution in [1.29, 1.82) is 0 Å². The number of benzene rings is 2. The third-order valence-corrected chi connectivity index (χ3v) is 6.45. The first kappa shape index (κ1) is 21.5. The summed E-state index contributed by atoms with van der Waals surface area (Å²) in [7, 11) is 0. The van der Waals surface area contributed by atoms with Crippen LogP contribution in [0.2, 0.25) is 5.02 Å². The monoisotopic (exact) mass is 464 g/mol. The summed E-state index contributed by atoms with van der Waals surface area (Å²) in [5.41, 5.74) is 3.84. The summed E-state index contributed by atoms with van der Waals surface area (Å²) >= 11 is 6.37. The van der Waals surface area contributed by atoms with Crippen molar-refractivity contribution in [1.82, 2.24) is 9.78 Å². The van der Waals surface area contributed by atoms with Crippen LogP contribution >= 0.6 is 11.6 Å². The van der Waals surface area contributed by atoms with Crippen LogP contribution < -0.4 is 14.5 Å². The quantitative estimate of drug-likeness (QED) is 0.551. The van der Waals surface area contributed by atoms with Gasteiger partial charge in [0.05, 0.1) is 23.5 Å². The Kier molecular flexibility index (Phi) is 5.81. The Hall–Kier alpha value is -3.32. The number of halogens is 1. The summed E-state index contributed by atoms with van der Waals surface area (Å²) in [6.45, 7) is 3.74. The second kappa shape index (κ2) is 8.90. The minimum atomic E-state index is -0.111. The molecule has 5 rings (SSSR count). The molecule has 2 aromatic carbocycles. The molecular weight excluding hydrogens is 440 g/mol. The van der Waals surface area contributed by atoms with Gasteiger partial charge in [-0.15, -0.1) is 0 Å². The molecule has 0 atom stereocenters. The van der Waals surface area contributed by atoms with Crippen molar-refractivity contribution in [3.8, 4) is 11.4 Å². The maximum atomic E-state index is 13.5. The molecular formula is C25H25ClN4O3. The van der Waals surface area contributed by atoms with Crippen LogP contribution in [0.25, 0.3) is 5.69 Å².